The molecule has 1 aliphatic heterocycles. The Kier molecular flexibility index (Phi) is 4.73. The summed E-state index contributed by atoms with van der Waals surface area (Å²) in [5.74, 6) is 1.07. The minimum Gasteiger partial charge on any atom is -0.497 e. The third-order valence-corrected chi connectivity index (χ3v) is 3.46. The summed E-state index contributed by atoms with van der Waals surface area (Å²) in [7, 11) is 1.65. The zero-order valence-electron chi connectivity index (χ0n) is 13.1. The molecule has 0 saturated carbocycles. The van der Waals surface area contributed by atoms with E-state index in [-0.39, 0.29) is 18.1 Å². The molecule has 1 heterocycles. The third kappa shape index (κ3) is 4.36. The summed E-state index contributed by atoms with van der Waals surface area (Å²) in [6, 6.07) is 8.00. The van der Waals surface area contributed by atoms with Crippen molar-refractivity contribution in [3.8, 4) is 5.75 Å². The fourth-order valence-electron chi connectivity index (χ4n) is 2.49. The van der Waals surface area contributed by atoms with Crippen molar-refractivity contribution in [1.82, 2.24) is 10.6 Å². The van der Waals surface area contributed by atoms with Crippen molar-refractivity contribution in [1.29, 1.82) is 0 Å². The smallest absolute Gasteiger partial charge is 0.407 e. The van der Waals surface area contributed by atoms with Crippen LogP contribution in [0.4, 0.5) is 4.79 Å². The molecule has 21 heavy (non-hydrogen) atoms. The van der Waals surface area contributed by atoms with Crippen LogP contribution in [0.5, 0.6) is 5.75 Å². The summed E-state index contributed by atoms with van der Waals surface area (Å²) >= 11 is 0. The molecule has 0 spiro atoms. The standard InChI is InChI=1S/C16H24N2O3/c1-16(2,3)21-15(19)18-14-10-17-9-13(14)11-5-7-12(20-4)8-6-11/h5-8,13-14,17H,9-10H2,1-4H3,(H,18,19)/t13-,14-/m0/s1. The van der Waals surface area contributed by atoms with Crippen LogP contribution in [0.3, 0.4) is 0 Å². The number of nitrogens with one attached hydrogen (secondary N) is 2. The summed E-state index contributed by atoms with van der Waals surface area (Å²) < 4.78 is 10.5. The predicted octanol–water partition coefficient (Wildman–Crippen LogP) is 2.28. The van der Waals surface area contributed by atoms with Gasteiger partial charge in [0, 0.05) is 19.0 Å². The zero-order chi connectivity index (χ0) is 15.5. The van der Waals surface area contributed by atoms with E-state index in [1.165, 1.54) is 5.56 Å². The zero-order valence-corrected chi connectivity index (χ0v) is 13.1. The second-order valence-corrected chi connectivity index (χ2v) is 6.29. The first-order valence-electron chi connectivity index (χ1n) is 7.23. The van der Waals surface area contributed by atoms with Crippen LogP contribution >= 0.6 is 0 Å². The molecule has 2 N–H and O–H groups in total. The maximum Gasteiger partial charge on any atom is 0.407 e. The topological polar surface area (TPSA) is 59.6 Å². The molecule has 1 aromatic rings. The van der Waals surface area contributed by atoms with E-state index in [1.54, 1.807) is 7.11 Å². The Morgan fingerprint density at radius 3 is 2.48 bits per heavy atom. The van der Waals surface area contributed by atoms with E-state index in [4.69, 9.17) is 9.47 Å². The fraction of sp³-hybridized carbons (Fsp3) is 0.562. The summed E-state index contributed by atoms with van der Waals surface area (Å²) in [5, 5.41) is 6.27. The average molecular weight is 292 g/mol. The molecule has 0 aromatic heterocycles. The number of rotatable bonds is 3. The lowest BCUT2D eigenvalue weighted by Gasteiger charge is -2.24. The van der Waals surface area contributed by atoms with Gasteiger partial charge >= 0.3 is 6.09 Å². The summed E-state index contributed by atoms with van der Waals surface area (Å²) in [5.41, 5.74) is 0.702. The highest BCUT2D eigenvalue weighted by molar-refractivity contribution is 5.68. The van der Waals surface area contributed by atoms with Crippen molar-refractivity contribution in [2.24, 2.45) is 0 Å². The lowest BCUT2D eigenvalue weighted by atomic mass is 9.94. The minimum absolute atomic E-state index is 0.0354. The van der Waals surface area contributed by atoms with Gasteiger partial charge < -0.3 is 20.1 Å². The van der Waals surface area contributed by atoms with Gasteiger partial charge in [-0.3, -0.25) is 0 Å². The van der Waals surface area contributed by atoms with E-state index in [9.17, 15) is 4.79 Å². The summed E-state index contributed by atoms with van der Waals surface area (Å²) in [6.45, 7) is 7.17. The SMILES string of the molecule is COc1ccc([C@@H]2CNC[C@@H]2NC(=O)OC(C)(C)C)cc1. The third-order valence-electron chi connectivity index (χ3n) is 3.46. The molecule has 5 heteroatoms. The van der Waals surface area contributed by atoms with Crippen molar-refractivity contribution >= 4 is 6.09 Å². The Bertz CT molecular complexity index is 479. The molecule has 1 aromatic carbocycles. The molecule has 2 rings (SSSR count). The van der Waals surface area contributed by atoms with Gasteiger partial charge in [0.2, 0.25) is 0 Å². The van der Waals surface area contributed by atoms with E-state index in [0.29, 0.717) is 0 Å². The van der Waals surface area contributed by atoms with Gasteiger partial charge in [-0.2, -0.15) is 0 Å². The molecular formula is C16H24N2O3. The first-order valence-corrected chi connectivity index (χ1v) is 7.23. The van der Waals surface area contributed by atoms with Gasteiger partial charge in [-0.05, 0) is 38.5 Å². The van der Waals surface area contributed by atoms with E-state index in [0.717, 1.165) is 18.8 Å². The monoisotopic (exact) mass is 292 g/mol. The van der Waals surface area contributed by atoms with Crippen molar-refractivity contribution in [2.75, 3.05) is 20.2 Å². The maximum atomic E-state index is 11.9. The van der Waals surface area contributed by atoms with Crippen LogP contribution in [0.15, 0.2) is 24.3 Å². The Morgan fingerprint density at radius 1 is 1.24 bits per heavy atom. The van der Waals surface area contributed by atoms with Crippen LogP contribution in [-0.2, 0) is 4.74 Å². The van der Waals surface area contributed by atoms with Crippen molar-refractivity contribution in [2.45, 2.75) is 38.3 Å². The molecule has 2 atom stereocenters. The van der Waals surface area contributed by atoms with Crippen molar-refractivity contribution in [3.63, 3.8) is 0 Å². The number of hydrogen-bond acceptors (Lipinski definition) is 4. The number of ether oxygens (including phenoxy) is 2. The van der Waals surface area contributed by atoms with Gasteiger partial charge in [-0.25, -0.2) is 4.79 Å². The highest BCUT2D eigenvalue weighted by Crippen LogP contribution is 2.25. The van der Waals surface area contributed by atoms with Gasteiger partial charge in [0.25, 0.3) is 0 Å². The quantitative estimate of drug-likeness (QED) is 0.897. The van der Waals surface area contributed by atoms with Crippen LogP contribution in [0.2, 0.25) is 0 Å². The number of carbonyl (C=O) groups is 1. The molecule has 116 valence electrons. The average Bonchev–Trinajstić information content (AvgIpc) is 2.84. The second kappa shape index (κ2) is 6.35. The summed E-state index contributed by atoms with van der Waals surface area (Å²) in [4.78, 5) is 11.9. The fourth-order valence-corrected chi connectivity index (χ4v) is 2.49. The molecule has 0 radical (unpaired) electrons. The lowest BCUT2D eigenvalue weighted by Crippen LogP contribution is -2.42. The van der Waals surface area contributed by atoms with E-state index in [1.807, 2.05) is 45.0 Å². The van der Waals surface area contributed by atoms with E-state index < -0.39 is 5.60 Å². The molecule has 0 aliphatic carbocycles. The molecule has 0 unspecified atom stereocenters. The Labute approximate surface area is 126 Å². The predicted molar refractivity (Wildman–Crippen MR) is 81.8 cm³/mol. The van der Waals surface area contributed by atoms with Crippen LogP contribution in [0, 0.1) is 0 Å². The Morgan fingerprint density at radius 2 is 1.90 bits per heavy atom. The van der Waals surface area contributed by atoms with Crippen LogP contribution in [-0.4, -0.2) is 37.9 Å². The maximum absolute atomic E-state index is 11.9. The second-order valence-electron chi connectivity index (χ2n) is 6.29. The van der Waals surface area contributed by atoms with Gasteiger partial charge in [0.05, 0.1) is 13.2 Å². The van der Waals surface area contributed by atoms with Gasteiger partial charge in [0.1, 0.15) is 11.4 Å². The molecule has 1 aliphatic rings. The van der Waals surface area contributed by atoms with E-state index in [2.05, 4.69) is 10.6 Å². The highest BCUT2D eigenvalue weighted by atomic mass is 16.6. The Hall–Kier alpha value is -1.75. The molecular weight excluding hydrogens is 268 g/mol. The number of benzene rings is 1. The van der Waals surface area contributed by atoms with Crippen LogP contribution < -0.4 is 15.4 Å². The Balaban J connectivity index is 2.01. The van der Waals surface area contributed by atoms with Gasteiger partial charge in [-0.1, -0.05) is 12.1 Å². The normalized spacial score (nSPS) is 21.9. The number of amides is 1. The van der Waals surface area contributed by atoms with Crippen LogP contribution in [0.1, 0.15) is 32.3 Å². The minimum atomic E-state index is -0.480. The lowest BCUT2D eigenvalue weighted by molar-refractivity contribution is 0.0504. The molecule has 1 amide bonds. The molecule has 1 saturated heterocycles. The van der Waals surface area contributed by atoms with E-state index >= 15 is 0 Å². The van der Waals surface area contributed by atoms with Crippen molar-refractivity contribution < 1.29 is 14.3 Å². The number of carbonyl (C=O) groups excluding carboxylic acids is 1. The molecule has 1 fully saturated rings. The van der Waals surface area contributed by atoms with Crippen molar-refractivity contribution in [3.05, 3.63) is 29.8 Å². The van der Waals surface area contributed by atoms with Gasteiger partial charge in [0.15, 0.2) is 0 Å². The number of methoxy groups -OCH3 is 1. The highest BCUT2D eigenvalue weighted by Gasteiger charge is 2.31. The van der Waals surface area contributed by atoms with Crippen LogP contribution in [0.25, 0.3) is 0 Å². The first kappa shape index (κ1) is 15.6. The first-order chi connectivity index (χ1) is 9.89. The number of alkyl carbamates (subject to hydrolysis) is 1. The largest absolute Gasteiger partial charge is 0.497 e. The molecule has 0 bridgehead atoms. The summed E-state index contributed by atoms with van der Waals surface area (Å²) in [6.07, 6.45) is -0.366. The molecule has 5 nitrogen and oxygen atoms in total. The van der Waals surface area contributed by atoms with Gasteiger partial charge in [-0.15, -0.1) is 0 Å². The number of hydrogen-bond donors (Lipinski definition) is 2.